The molecule has 0 radical (unpaired) electrons. The smallest absolute Gasteiger partial charge is 0.336 e. The molecular weight excluding hydrogens is 260 g/mol. The number of carboxylic acid groups (broad SMARTS) is 1. The van der Waals surface area contributed by atoms with Crippen LogP contribution in [-0.2, 0) is 4.79 Å². The van der Waals surface area contributed by atoms with Gasteiger partial charge in [-0.25, -0.2) is 4.79 Å². The minimum Gasteiger partial charge on any atom is -0.478 e. The van der Waals surface area contributed by atoms with Gasteiger partial charge in [-0.3, -0.25) is 0 Å². The van der Waals surface area contributed by atoms with E-state index in [1.54, 1.807) is 24.3 Å². The van der Waals surface area contributed by atoms with Crippen LogP contribution in [0.15, 0.2) is 28.7 Å². The summed E-state index contributed by atoms with van der Waals surface area (Å²) in [6, 6.07) is 4.98. The number of allylic oxidation sites excluding steroid dienone is 1. The number of hydrogen-bond acceptors (Lipinski definition) is 2. The van der Waals surface area contributed by atoms with Crippen molar-refractivity contribution >= 4 is 34.3 Å². The van der Waals surface area contributed by atoms with Gasteiger partial charge in [-0.2, -0.15) is 0 Å². The van der Waals surface area contributed by atoms with Gasteiger partial charge in [-0.05, 0) is 17.7 Å². The van der Waals surface area contributed by atoms with Gasteiger partial charge < -0.3 is 9.90 Å². The van der Waals surface area contributed by atoms with E-state index in [-0.39, 0.29) is 12.0 Å². The van der Waals surface area contributed by atoms with Crippen molar-refractivity contribution in [3.8, 4) is 0 Å². The van der Waals surface area contributed by atoms with Gasteiger partial charge in [0.2, 0.25) is 0 Å². The topological polar surface area (TPSA) is 54.4 Å². The van der Waals surface area contributed by atoms with E-state index < -0.39 is 5.97 Å². The number of halogens is 1. The average Bonchev–Trinajstić information content (AvgIpc) is 2.20. The Balaban J connectivity index is 3.05. The zero-order chi connectivity index (χ0) is 11.3. The van der Waals surface area contributed by atoms with Gasteiger partial charge in [0.05, 0.1) is 5.56 Å². The molecule has 0 amide bonds. The second-order valence-electron chi connectivity index (χ2n) is 2.84. The monoisotopic (exact) mass is 268 g/mol. The van der Waals surface area contributed by atoms with Crippen LogP contribution in [0.3, 0.4) is 0 Å². The molecule has 1 N–H and O–H groups in total. The highest BCUT2D eigenvalue weighted by atomic mass is 79.9. The summed E-state index contributed by atoms with van der Waals surface area (Å²) in [5.41, 5.74) is 0.805. The zero-order valence-corrected chi connectivity index (χ0v) is 9.40. The standard InChI is InChI=1S/C11H9BrO3/c12-9-5-4-8(3-1-2-6-13)10(7-9)11(14)15/h1,3-7H,2H2,(H,14,15). The molecule has 0 unspecified atom stereocenters. The maximum Gasteiger partial charge on any atom is 0.336 e. The van der Waals surface area contributed by atoms with Crippen molar-refractivity contribution in [3.05, 3.63) is 39.9 Å². The number of aldehydes is 1. The van der Waals surface area contributed by atoms with Crippen LogP contribution in [0.1, 0.15) is 22.3 Å². The van der Waals surface area contributed by atoms with Gasteiger partial charge in [-0.1, -0.05) is 34.1 Å². The first-order valence-electron chi connectivity index (χ1n) is 4.28. The molecular formula is C11H9BrO3. The third-order valence-corrected chi connectivity index (χ3v) is 2.27. The largest absolute Gasteiger partial charge is 0.478 e. The summed E-state index contributed by atoms with van der Waals surface area (Å²) in [5, 5.41) is 8.92. The minimum absolute atomic E-state index is 0.214. The van der Waals surface area contributed by atoms with Gasteiger partial charge in [0.15, 0.2) is 0 Å². The SMILES string of the molecule is O=CCC=Cc1ccc(Br)cc1C(=O)O. The number of aromatic carboxylic acids is 1. The molecule has 0 saturated heterocycles. The molecule has 3 nitrogen and oxygen atoms in total. The number of carbonyl (C=O) groups is 2. The van der Waals surface area contributed by atoms with Crippen molar-refractivity contribution in [3.63, 3.8) is 0 Å². The third kappa shape index (κ3) is 3.32. The summed E-state index contributed by atoms with van der Waals surface area (Å²) in [4.78, 5) is 21.0. The van der Waals surface area contributed by atoms with Crippen molar-refractivity contribution in [2.45, 2.75) is 6.42 Å². The summed E-state index contributed by atoms with van der Waals surface area (Å²) in [6.07, 6.45) is 4.30. The quantitative estimate of drug-likeness (QED) is 0.855. The Morgan fingerprint density at radius 1 is 1.47 bits per heavy atom. The third-order valence-electron chi connectivity index (χ3n) is 1.78. The Kier molecular flexibility index (Phi) is 4.24. The van der Waals surface area contributed by atoms with Crippen molar-refractivity contribution in [2.75, 3.05) is 0 Å². The minimum atomic E-state index is -0.984. The highest BCUT2D eigenvalue weighted by molar-refractivity contribution is 9.10. The summed E-state index contributed by atoms with van der Waals surface area (Å²) in [7, 11) is 0. The highest BCUT2D eigenvalue weighted by Gasteiger charge is 2.07. The van der Waals surface area contributed by atoms with Crippen LogP contribution in [0.4, 0.5) is 0 Å². The molecule has 0 fully saturated rings. The molecule has 1 rings (SSSR count). The predicted molar refractivity (Wildman–Crippen MR) is 60.8 cm³/mol. The van der Waals surface area contributed by atoms with Gasteiger partial charge >= 0.3 is 5.97 Å². The van der Waals surface area contributed by atoms with Crippen LogP contribution in [0.2, 0.25) is 0 Å². The molecule has 15 heavy (non-hydrogen) atoms. The fourth-order valence-electron chi connectivity index (χ4n) is 1.11. The number of rotatable bonds is 4. The van der Waals surface area contributed by atoms with E-state index in [9.17, 15) is 9.59 Å². The first-order valence-corrected chi connectivity index (χ1v) is 5.07. The van der Waals surface area contributed by atoms with Crippen molar-refractivity contribution < 1.29 is 14.7 Å². The lowest BCUT2D eigenvalue weighted by molar-refractivity contribution is -0.107. The lowest BCUT2D eigenvalue weighted by Gasteiger charge is -2.01. The molecule has 1 aromatic carbocycles. The fourth-order valence-corrected chi connectivity index (χ4v) is 1.47. The molecule has 0 saturated carbocycles. The zero-order valence-electron chi connectivity index (χ0n) is 7.81. The first-order chi connectivity index (χ1) is 7.15. The van der Waals surface area contributed by atoms with E-state index in [0.29, 0.717) is 10.0 Å². The highest BCUT2D eigenvalue weighted by Crippen LogP contribution is 2.18. The normalized spacial score (nSPS) is 10.5. The van der Waals surface area contributed by atoms with Crippen molar-refractivity contribution in [1.29, 1.82) is 0 Å². The van der Waals surface area contributed by atoms with Crippen LogP contribution in [0, 0.1) is 0 Å². The molecule has 1 aromatic rings. The number of carbonyl (C=O) groups excluding carboxylic acids is 1. The summed E-state index contributed by atoms with van der Waals surface area (Å²) in [5.74, 6) is -0.984. The van der Waals surface area contributed by atoms with Crippen LogP contribution in [0.25, 0.3) is 6.08 Å². The van der Waals surface area contributed by atoms with Gasteiger partial charge in [0.25, 0.3) is 0 Å². The Morgan fingerprint density at radius 3 is 2.80 bits per heavy atom. The van der Waals surface area contributed by atoms with E-state index in [1.807, 2.05) is 0 Å². The summed E-state index contributed by atoms with van der Waals surface area (Å²) < 4.78 is 0.715. The Morgan fingerprint density at radius 2 is 2.20 bits per heavy atom. The molecule has 0 bridgehead atoms. The Hall–Kier alpha value is -1.42. The second-order valence-corrected chi connectivity index (χ2v) is 3.76. The van der Waals surface area contributed by atoms with Crippen molar-refractivity contribution in [1.82, 2.24) is 0 Å². The first kappa shape index (κ1) is 11.7. The maximum absolute atomic E-state index is 10.9. The average molecular weight is 269 g/mol. The molecule has 0 spiro atoms. The Labute approximate surface area is 95.6 Å². The second kappa shape index (κ2) is 5.46. The maximum atomic E-state index is 10.9. The van der Waals surface area contributed by atoms with E-state index in [0.717, 1.165) is 6.29 Å². The molecule has 4 heteroatoms. The lowest BCUT2D eigenvalue weighted by atomic mass is 10.1. The molecule has 0 aliphatic rings. The van der Waals surface area contributed by atoms with Crippen LogP contribution >= 0.6 is 15.9 Å². The van der Waals surface area contributed by atoms with Crippen molar-refractivity contribution in [2.24, 2.45) is 0 Å². The predicted octanol–water partition coefficient (Wildman–Crippen LogP) is 2.75. The lowest BCUT2D eigenvalue weighted by Crippen LogP contribution is -1.99. The molecule has 0 heterocycles. The fraction of sp³-hybridized carbons (Fsp3) is 0.0909. The summed E-state index contributed by atoms with van der Waals surface area (Å²) >= 11 is 3.20. The Bertz CT molecular complexity index is 410. The van der Waals surface area contributed by atoms with E-state index >= 15 is 0 Å². The molecule has 0 aromatic heterocycles. The molecule has 0 aliphatic carbocycles. The van der Waals surface area contributed by atoms with Gasteiger partial charge in [0, 0.05) is 10.9 Å². The van der Waals surface area contributed by atoms with Gasteiger partial charge in [-0.15, -0.1) is 0 Å². The van der Waals surface area contributed by atoms with Gasteiger partial charge in [0.1, 0.15) is 6.29 Å². The van der Waals surface area contributed by atoms with E-state index in [4.69, 9.17) is 5.11 Å². The van der Waals surface area contributed by atoms with Crippen LogP contribution < -0.4 is 0 Å². The molecule has 0 aliphatic heterocycles. The van der Waals surface area contributed by atoms with Crippen LogP contribution in [0.5, 0.6) is 0 Å². The molecule has 0 atom stereocenters. The molecule has 78 valence electrons. The summed E-state index contributed by atoms with van der Waals surface area (Å²) in [6.45, 7) is 0. The number of carboxylic acids is 1. The number of benzene rings is 1. The van der Waals surface area contributed by atoms with E-state index in [1.165, 1.54) is 6.07 Å². The van der Waals surface area contributed by atoms with Crippen LogP contribution in [-0.4, -0.2) is 17.4 Å². The van der Waals surface area contributed by atoms with E-state index in [2.05, 4.69) is 15.9 Å². The number of hydrogen-bond donors (Lipinski definition) is 1.